The lowest BCUT2D eigenvalue weighted by Crippen LogP contribution is -2.39. The molecular weight excluding hydrogens is 445 g/mol. The summed E-state index contributed by atoms with van der Waals surface area (Å²) in [5, 5.41) is 4.13. The Morgan fingerprint density at radius 2 is 1.94 bits per heavy atom. The van der Waals surface area contributed by atoms with Crippen LogP contribution in [0, 0.1) is 0 Å². The van der Waals surface area contributed by atoms with Gasteiger partial charge in [0.25, 0.3) is 0 Å². The Bertz CT molecular complexity index is 811. The Morgan fingerprint density at radius 1 is 1.16 bits per heavy atom. The molecule has 0 atom stereocenters. The van der Waals surface area contributed by atoms with Gasteiger partial charge in [0.05, 0.1) is 0 Å². The maximum atomic E-state index is 11.3. The highest BCUT2D eigenvalue weighted by molar-refractivity contribution is 5.86. The molecule has 1 aliphatic heterocycles. The zero-order chi connectivity index (χ0) is 21.2. The van der Waals surface area contributed by atoms with Crippen LogP contribution >= 0.6 is 24.8 Å². The number of amides is 1. The minimum atomic E-state index is 0. The van der Waals surface area contributed by atoms with Crippen molar-refractivity contribution in [3.8, 4) is 5.75 Å². The fourth-order valence-electron chi connectivity index (χ4n) is 4.08. The normalized spacial score (nSPS) is 14.4. The number of unbranched alkanes of at least 4 members (excludes halogenated alkanes) is 2. The Labute approximate surface area is 205 Å². The van der Waals surface area contributed by atoms with Gasteiger partial charge in [-0.3, -0.25) is 9.78 Å². The number of aryl methyl sites for hydroxylation is 1. The number of carbonyl (C=O) groups excluding carboxylic acids is 1. The molecule has 0 spiro atoms. The number of benzene rings is 1. The highest BCUT2D eigenvalue weighted by Gasteiger charge is 2.21. The summed E-state index contributed by atoms with van der Waals surface area (Å²) in [6.07, 6.45) is 10.5. The number of nitrogens with one attached hydrogen (secondary N) is 1. The van der Waals surface area contributed by atoms with Crippen LogP contribution in [0.3, 0.4) is 0 Å². The molecule has 0 radical (unpaired) electrons. The minimum Gasteiger partial charge on any atom is -0.488 e. The number of likely N-dealkylation sites (tertiary alicyclic amines) is 1. The molecule has 2 heterocycles. The first-order chi connectivity index (χ1) is 14.7. The van der Waals surface area contributed by atoms with E-state index in [1.807, 2.05) is 19.2 Å². The van der Waals surface area contributed by atoms with Crippen molar-refractivity contribution in [3.05, 3.63) is 36.0 Å². The van der Waals surface area contributed by atoms with Gasteiger partial charge in [-0.15, -0.1) is 24.8 Å². The standard InChI is InChI=1S/C25H37N3O2.2ClH/c1-3-5-9-20-18-21-10-8-14-27-25(21)23(19-20)30-22-11-16-28(17-12-22)15-7-6-13-26-24(29)4-2;;/h8,10,14,18-19,22H,3-7,9,11-13,15-17H2,1-2H3,(H,26,29);2*1H. The summed E-state index contributed by atoms with van der Waals surface area (Å²) in [4.78, 5) is 18.4. The highest BCUT2D eigenvalue weighted by Crippen LogP contribution is 2.29. The fourth-order valence-corrected chi connectivity index (χ4v) is 4.08. The van der Waals surface area contributed by atoms with E-state index in [2.05, 4.69) is 40.3 Å². The summed E-state index contributed by atoms with van der Waals surface area (Å²) in [7, 11) is 0. The van der Waals surface area contributed by atoms with E-state index >= 15 is 0 Å². The third kappa shape index (κ3) is 8.76. The summed E-state index contributed by atoms with van der Waals surface area (Å²) >= 11 is 0. The Kier molecular flexibility index (Phi) is 13.6. The molecule has 0 bridgehead atoms. The summed E-state index contributed by atoms with van der Waals surface area (Å²) in [5.41, 5.74) is 2.33. The molecule has 0 unspecified atom stereocenters. The molecule has 1 aromatic heterocycles. The molecule has 1 fully saturated rings. The number of aromatic nitrogens is 1. The number of piperidine rings is 1. The molecule has 1 N–H and O–H groups in total. The molecule has 180 valence electrons. The van der Waals surface area contributed by atoms with Crippen molar-refractivity contribution in [3.63, 3.8) is 0 Å². The lowest BCUT2D eigenvalue weighted by atomic mass is 10.0. The van der Waals surface area contributed by atoms with Crippen LogP contribution in [0.15, 0.2) is 30.5 Å². The van der Waals surface area contributed by atoms with Gasteiger partial charge in [0.1, 0.15) is 17.4 Å². The van der Waals surface area contributed by atoms with Crippen LogP contribution in [0.1, 0.15) is 64.4 Å². The second-order valence-electron chi connectivity index (χ2n) is 8.34. The van der Waals surface area contributed by atoms with E-state index in [1.54, 1.807) is 0 Å². The zero-order valence-corrected chi connectivity index (χ0v) is 21.1. The van der Waals surface area contributed by atoms with Crippen LogP contribution in [-0.4, -0.2) is 48.1 Å². The monoisotopic (exact) mass is 483 g/mol. The first kappa shape index (κ1) is 28.5. The number of carbonyl (C=O) groups is 1. The smallest absolute Gasteiger partial charge is 0.219 e. The molecule has 0 saturated carbocycles. The summed E-state index contributed by atoms with van der Waals surface area (Å²) < 4.78 is 6.48. The summed E-state index contributed by atoms with van der Waals surface area (Å²) in [5.74, 6) is 1.10. The third-order valence-corrected chi connectivity index (χ3v) is 5.92. The average molecular weight is 485 g/mol. The van der Waals surface area contributed by atoms with Crippen LogP contribution in [0.4, 0.5) is 0 Å². The first-order valence-electron chi connectivity index (χ1n) is 11.7. The third-order valence-electron chi connectivity index (χ3n) is 5.92. The van der Waals surface area contributed by atoms with E-state index in [0.717, 1.165) is 69.5 Å². The quantitative estimate of drug-likeness (QED) is 0.424. The Balaban J connectivity index is 0.00000256. The van der Waals surface area contributed by atoms with Gasteiger partial charge in [-0.2, -0.15) is 0 Å². The molecule has 32 heavy (non-hydrogen) atoms. The number of rotatable bonds is 11. The molecule has 1 aromatic carbocycles. The average Bonchev–Trinajstić information content (AvgIpc) is 2.78. The van der Waals surface area contributed by atoms with Crippen LogP contribution in [0.2, 0.25) is 0 Å². The number of ether oxygens (including phenoxy) is 1. The van der Waals surface area contributed by atoms with Crippen molar-refractivity contribution < 1.29 is 9.53 Å². The van der Waals surface area contributed by atoms with Gasteiger partial charge in [0.2, 0.25) is 5.91 Å². The van der Waals surface area contributed by atoms with Crippen LogP contribution in [0.5, 0.6) is 5.75 Å². The van der Waals surface area contributed by atoms with Gasteiger partial charge >= 0.3 is 0 Å². The summed E-state index contributed by atoms with van der Waals surface area (Å²) in [6.45, 7) is 8.17. The number of pyridine rings is 1. The second-order valence-corrected chi connectivity index (χ2v) is 8.34. The van der Waals surface area contributed by atoms with E-state index < -0.39 is 0 Å². The van der Waals surface area contributed by atoms with Gasteiger partial charge in [-0.05, 0) is 68.8 Å². The largest absolute Gasteiger partial charge is 0.488 e. The van der Waals surface area contributed by atoms with Crippen molar-refractivity contribution in [1.29, 1.82) is 0 Å². The van der Waals surface area contributed by atoms with Crippen LogP contribution in [0.25, 0.3) is 10.9 Å². The Morgan fingerprint density at radius 3 is 2.66 bits per heavy atom. The van der Waals surface area contributed by atoms with E-state index in [0.29, 0.717) is 6.42 Å². The second kappa shape index (κ2) is 15.3. The van der Waals surface area contributed by atoms with E-state index in [-0.39, 0.29) is 36.8 Å². The molecule has 1 amide bonds. The van der Waals surface area contributed by atoms with Crippen molar-refractivity contribution in [2.45, 2.75) is 71.3 Å². The zero-order valence-electron chi connectivity index (χ0n) is 19.5. The number of halogens is 2. The number of fused-ring (bicyclic) bond motifs is 1. The maximum absolute atomic E-state index is 11.3. The van der Waals surface area contributed by atoms with Crippen LogP contribution < -0.4 is 10.1 Å². The molecule has 3 rings (SSSR count). The lowest BCUT2D eigenvalue weighted by molar-refractivity contribution is -0.120. The van der Waals surface area contributed by atoms with Crippen molar-refractivity contribution >= 4 is 41.6 Å². The molecule has 7 heteroatoms. The number of nitrogens with zero attached hydrogens (tertiary/aromatic N) is 2. The molecule has 1 saturated heterocycles. The van der Waals surface area contributed by atoms with Gasteiger partial charge < -0.3 is 15.0 Å². The van der Waals surface area contributed by atoms with Crippen molar-refractivity contribution in [2.24, 2.45) is 0 Å². The first-order valence-corrected chi connectivity index (χ1v) is 11.7. The van der Waals surface area contributed by atoms with E-state index in [1.165, 1.54) is 23.8 Å². The van der Waals surface area contributed by atoms with Crippen LogP contribution in [-0.2, 0) is 11.2 Å². The lowest BCUT2D eigenvalue weighted by Gasteiger charge is -2.32. The van der Waals surface area contributed by atoms with Gasteiger partial charge in [0.15, 0.2) is 0 Å². The highest BCUT2D eigenvalue weighted by atomic mass is 35.5. The Hall–Kier alpha value is -1.56. The molecule has 1 aliphatic rings. The topological polar surface area (TPSA) is 54.5 Å². The molecule has 5 nitrogen and oxygen atoms in total. The van der Waals surface area contributed by atoms with Gasteiger partial charge in [-0.1, -0.05) is 26.3 Å². The van der Waals surface area contributed by atoms with E-state index in [4.69, 9.17) is 4.74 Å². The predicted octanol–water partition coefficient (Wildman–Crippen LogP) is 5.57. The van der Waals surface area contributed by atoms with Gasteiger partial charge in [-0.25, -0.2) is 0 Å². The fraction of sp³-hybridized carbons (Fsp3) is 0.600. The van der Waals surface area contributed by atoms with Crippen molar-refractivity contribution in [1.82, 2.24) is 15.2 Å². The molecule has 2 aromatic rings. The summed E-state index contributed by atoms with van der Waals surface area (Å²) in [6, 6.07) is 8.61. The molecule has 0 aliphatic carbocycles. The minimum absolute atomic E-state index is 0. The predicted molar refractivity (Wildman–Crippen MR) is 137 cm³/mol. The van der Waals surface area contributed by atoms with Crippen molar-refractivity contribution in [2.75, 3.05) is 26.2 Å². The maximum Gasteiger partial charge on any atom is 0.219 e. The van der Waals surface area contributed by atoms with Gasteiger partial charge in [0, 0.05) is 37.6 Å². The molecular formula is C25H39Cl2N3O2. The number of hydrogen-bond donors (Lipinski definition) is 1. The van der Waals surface area contributed by atoms with E-state index in [9.17, 15) is 4.79 Å². The SMILES string of the molecule is CCCCc1cc(OC2CCN(CCCCNC(=O)CC)CC2)c2ncccc2c1.Cl.Cl. The number of hydrogen-bond acceptors (Lipinski definition) is 4.